The van der Waals surface area contributed by atoms with Crippen LogP contribution in [-0.4, -0.2) is 23.7 Å². The van der Waals surface area contributed by atoms with Crippen LogP contribution in [0.2, 0.25) is 0 Å². The first-order chi connectivity index (χ1) is 6.63. The zero-order valence-electron chi connectivity index (χ0n) is 7.44. The molecule has 0 heterocycles. The molecule has 4 heteroatoms. The summed E-state index contributed by atoms with van der Waals surface area (Å²) >= 11 is 0. The van der Waals surface area contributed by atoms with Gasteiger partial charge in [-0.3, -0.25) is 9.59 Å². The smallest absolute Gasteiger partial charge is 0.182 e. The first kappa shape index (κ1) is 9.05. The molecule has 2 atom stereocenters. The summed E-state index contributed by atoms with van der Waals surface area (Å²) in [6.07, 6.45) is 0. The topological polar surface area (TPSA) is 86.2 Å². The zero-order valence-corrected chi connectivity index (χ0v) is 7.44. The Hall–Kier alpha value is -1.52. The second kappa shape index (κ2) is 3.01. The highest BCUT2D eigenvalue weighted by Crippen LogP contribution is 2.19. The van der Waals surface area contributed by atoms with Gasteiger partial charge < -0.3 is 11.5 Å². The Morgan fingerprint density at radius 1 is 0.857 bits per heavy atom. The van der Waals surface area contributed by atoms with E-state index in [4.69, 9.17) is 11.5 Å². The monoisotopic (exact) mass is 190 g/mol. The number of hydrogen-bond acceptors (Lipinski definition) is 4. The average Bonchev–Trinajstić information content (AvgIpc) is 2.23. The van der Waals surface area contributed by atoms with Crippen molar-refractivity contribution in [1.82, 2.24) is 0 Å². The maximum atomic E-state index is 11.6. The lowest BCUT2D eigenvalue weighted by Gasteiger charge is -2.24. The van der Waals surface area contributed by atoms with E-state index in [9.17, 15) is 9.59 Å². The zero-order chi connectivity index (χ0) is 10.3. The fourth-order valence-corrected chi connectivity index (χ4v) is 1.60. The van der Waals surface area contributed by atoms with Gasteiger partial charge in [0, 0.05) is 11.1 Å². The Morgan fingerprint density at radius 2 is 1.21 bits per heavy atom. The summed E-state index contributed by atoms with van der Waals surface area (Å²) in [6.45, 7) is 0. The maximum absolute atomic E-state index is 11.6. The number of carbonyl (C=O) groups is 2. The molecule has 0 aromatic heterocycles. The highest BCUT2D eigenvalue weighted by atomic mass is 16.1. The lowest BCUT2D eigenvalue weighted by atomic mass is 9.83. The fraction of sp³-hybridized carbons (Fsp3) is 0.200. The standard InChI is InChI=1S/C10H10N2O2/c11-7-8(12)10(14)6-4-2-1-3-5(6)9(7)13/h1-4,7-8H,11-12H2. The molecular weight excluding hydrogens is 180 g/mol. The van der Waals surface area contributed by atoms with Gasteiger partial charge in [0.25, 0.3) is 0 Å². The van der Waals surface area contributed by atoms with Gasteiger partial charge in [-0.15, -0.1) is 0 Å². The summed E-state index contributed by atoms with van der Waals surface area (Å²) in [6, 6.07) is 4.79. The Kier molecular flexibility index (Phi) is 1.94. The van der Waals surface area contributed by atoms with Crippen LogP contribution in [0.15, 0.2) is 24.3 Å². The van der Waals surface area contributed by atoms with E-state index in [1.54, 1.807) is 24.3 Å². The van der Waals surface area contributed by atoms with Crippen molar-refractivity contribution in [3.63, 3.8) is 0 Å². The molecule has 14 heavy (non-hydrogen) atoms. The third-order valence-electron chi connectivity index (χ3n) is 2.45. The Labute approximate surface area is 80.9 Å². The maximum Gasteiger partial charge on any atom is 0.182 e. The van der Waals surface area contributed by atoms with E-state index < -0.39 is 12.1 Å². The Bertz CT molecular complexity index is 375. The van der Waals surface area contributed by atoms with E-state index in [-0.39, 0.29) is 11.6 Å². The van der Waals surface area contributed by atoms with Gasteiger partial charge in [-0.1, -0.05) is 24.3 Å². The molecule has 1 aliphatic rings. The van der Waals surface area contributed by atoms with Crippen molar-refractivity contribution < 1.29 is 9.59 Å². The third kappa shape index (κ3) is 1.08. The Morgan fingerprint density at radius 3 is 1.57 bits per heavy atom. The van der Waals surface area contributed by atoms with Gasteiger partial charge in [0.1, 0.15) is 0 Å². The molecule has 1 aromatic carbocycles. The van der Waals surface area contributed by atoms with Crippen molar-refractivity contribution in [2.75, 3.05) is 0 Å². The molecule has 1 aliphatic carbocycles. The molecule has 4 N–H and O–H groups in total. The van der Waals surface area contributed by atoms with Crippen LogP contribution in [0.1, 0.15) is 20.7 Å². The highest BCUT2D eigenvalue weighted by molar-refractivity contribution is 6.18. The van der Waals surface area contributed by atoms with Crippen LogP contribution in [0.5, 0.6) is 0 Å². The summed E-state index contributed by atoms with van der Waals surface area (Å²) in [5.41, 5.74) is 11.8. The number of nitrogens with two attached hydrogens (primary N) is 2. The molecule has 0 spiro atoms. The second-order valence-electron chi connectivity index (χ2n) is 3.33. The average molecular weight is 190 g/mol. The lowest BCUT2D eigenvalue weighted by molar-refractivity contribution is 0.0844. The molecule has 0 saturated carbocycles. The highest BCUT2D eigenvalue weighted by Gasteiger charge is 2.36. The molecule has 0 saturated heterocycles. The van der Waals surface area contributed by atoms with E-state index in [0.717, 1.165) is 0 Å². The molecule has 1 aromatic rings. The normalized spacial score (nSPS) is 26.1. The summed E-state index contributed by atoms with van der Waals surface area (Å²) < 4.78 is 0. The van der Waals surface area contributed by atoms with E-state index in [2.05, 4.69) is 0 Å². The van der Waals surface area contributed by atoms with E-state index in [1.165, 1.54) is 0 Å². The van der Waals surface area contributed by atoms with Gasteiger partial charge >= 0.3 is 0 Å². The number of benzene rings is 1. The fourth-order valence-electron chi connectivity index (χ4n) is 1.60. The number of ketones is 2. The van der Waals surface area contributed by atoms with Crippen molar-refractivity contribution in [3.05, 3.63) is 35.4 Å². The SMILES string of the molecule is NC1C(=O)c2ccccc2C(=O)C1N. The molecular formula is C10H10N2O2. The van der Waals surface area contributed by atoms with E-state index in [1.807, 2.05) is 0 Å². The number of rotatable bonds is 0. The minimum atomic E-state index is -0.905. The summed E-state index contributed by atoms with van der Waals surface area (Å²) in [7, 11) is 0. The van der Waals surface area contributed by atoms with E-state index >= 15 is 0 Å². The molecule has 2 rings (SSSR count). The molecule has 0 bridgehead atoms. The summed E-state index contributed by atoms with van der Waals surface area (Å²) in [4.78, 5) is 23.2. The van der Waals surface area contributed by atoms with Crippen molar-refractivity contribution >= 4 is 11.6 Å². The van der Waals surface area contributed by atoms with Crippen LogP contribution in [-0.2, 0) is 0 Å². The van der Waals surface area contributed by atoms with Crippen LogP contribution in [0.25, 0.3) is 0 Å². The van der Waals surface area contributed by atoms with Gasteiger partial charge in [-0.25, -0.2) is 0 Å². The van der Waals surface area contributed by atoms with Crippen molar-refractivity contribution in [2.24, 2.45) is 11.5 Å². The molecule has 0 aliphatic heterocycles. The minimum Gasteiger partial charge on any atom is -0.320 e. The third-order valence-corrected chi connectivity index (χ3v) is 2.45. The van der Waals surface area contributed by atoms with Crippen LogP contribution >= 0.6 is 0 Å². The number of hydrogen-bond donors (Lipinski definition) is 2. The first-order valence-corrected chi connectivity index (χ1v) is 4.31. The lowest BCUT2D eigenvalue weighted by Crippen LogP contribution is -2.55. The van der Waals surface area contributed by atoms with Crippen LogP contribution in [0.3, 0.4) is 0 Å². The molecule has 4 nitrogen and oxygen atoms in total. The van der Waals surface area contributed by atoms with Gasteiger partial charge in [0.2, 0.25) is 0 Å². The van der Waals surface area contributed by atoms with Gasteiger partial charge in [-0.05, 0) is 0 Å². The Balaban J connectivity index is 2.62. The van der Waals surface area contributed by atoms with E-state index in [0.29, 0.717) is 11.1 Å². The van der Waals surface area contributed by atoms with Crippen molar-refractivity contribution in [2.45, 2.75) is 12.1 Å². The molecule has 72 valence electrons. The van der Waals surface area contributed by atoms with Gasteiger partial charge in [0.05, 0.1) is 12.1 Å². The number of Topliss-reactive ketones (excluding diaryl/α,β-unsaturated/α-hetero) is 2. The summed E-state index contributed by atoms with van der Waals surface area (Å²) in [5, 5.41) is 0. The first-order valence-electron chi connectivity index (χ1n) is 4.31. The van der Waals surface area contributed by atoms with Crippen LogP contribution in [0, 0.1) is 0 Å². The predicted octanol–water partition coefficient (Wildman–Crippen LogP) is -0.280. The minimum absolute atomic E-state index is 0.257. The van der Waals surface area contributed by atoms with Gasteiger partial charge in [-0.2, -0.15) is 0 Å². The van der Waals surface area contributed by atoms with Crippen molar-refractivity contribution in [3.8, 4) is 0 Å². The van der Waals surface area contributed by atoms with Crippen LogP contribution < -0.4 is 11.5 Å². The largest absolute Gasteiger partial charge is 0.320 e. The number of carbonyl (C=O) groups excluding carboxylic acids is 2. The number of fused-ring (bicyclic) bond motifs is 1. The van der Waals surface area contributed by atoms with Crippen LogP contribution in [0.4, 0.5) is 0 Å². The van der Waals surface area contributed by atoms with Crippen molar-refractivity contribution in [1.29, 1.82) is 0 Å². The molecule has 0 fully saturated rings. The summed E-state index contributed by atoms with van der Waals surface area (Å²) in [5.74, 6) is -0.514. The molecule has 0 radical (unpaired) electrons. The predicted molar refractivity (Wildman–Crippen MR) is 51.1 cm³/mol. The molecule has 2 unspecified atom stereocenters. The molecule has 0 amide bonds. The quantitative estimate of drug-likeness (QED) is 0.589. The second-order valence-corrected chi connectivity index (χ2v) is 3.33. The van der Waals surface area contributed by atoms with Gasteiger partial charge in [0.15, 0.2) is 11.6 Å².